The summed E-state index contributed by atoms with van der Waals surface area (Å²) in [5, 5.41) is 8.40. The van der Waals surface area contributed by atoms with E-state index in [1.54, 1.807) is 11.3 Å². The van der Waals surface area contributed by atoms with Crippen molar-refractivity contribution in [2.24, 2.45) is 0 Å². The molecule has 3 aromatic heterocycles. The highest BCUT2D eigenvalue weighted by Crippen LogP contribution is 2.30. The molecule has 4 nitrogen and oxygen atoms in total. The zero-order valence-corrected chi connectivity index (χ0v) is 20.0. The van der Waals surface area contributed by atoms with E-state index < -0.39 is 0 Å². The molecule has 0 spiro atoms. The molecule has 0 saturated carbocycles. The molecule has 1 amide bonds. The summed E-state index contributed by atoms with van der Waals surface area (Å²) in [6.07, 6.45) is 1.12. The monoisotopic (exact) mass is 469 g/mol. The number of para-hydroxylation sites is 1. The van der Waals surface area contributed by atoms with E-state index >= 15 is 0 Å². The van der Waals surface area contributed by atoms with Crippen LogP contribution < -0.4 is 5.32 Å². The average Bonchev–Trinajstić information content (AvgIpc) is 3.56. The molecule has 0 saturated heterocycles. The molecule has 0 fully saturated rings. The van der Waals surface area contributed by atoms with E-state index in [-0.39, 0.29) is 5.91 Å². The van der Waals surface area contributed by atoms with Crippen LogP contribution in [0.15, 0.2) is 77.5 Å². The van der Waals surface area contributed by atoms with Gasteiger partial charge >= 0.3 is 0 Å². The Morgan fingerprint density at radius 3 is 2.55 bits per heavy atom. The number of thiophene rings is 1. The summed E-state index contributed by atoms with van der Waals surface area (Å²) in [6.45, 7) is 4.43. The fourth-order valence-electron chi connectivity index (χ4n) is 3.76. The van der Waals surface area contributed by atoms with Gasteiger partial charge in [-0.3, -0.25) is 10.1 Å². The van der Waals surface area contributed by atoms with Crippen molar-refractivity contribution >= 4 is 44.6 Å². The Balaban J connectivity index is 1.42. The lowest BCUT2D eigenvalue weighted by Gasteiger charge is -2.09. The Labute approximate surface area is 201 Å². The summed E-state index contributed by atoms with van der Waals surface area (Å²) in [5.41, 5.74) is 5.44. The minimum atomic E-state index is -0.181. The predicted molar refractivity (Wildman–Crippen MR) is 139 cm³/mol. The van der Waals surface area contributed by atoms with E-state index in [9.17, 15) is 4.79 Å². The van der Waals surface area contributed by atoms with Gasteiger partial charge in [0.25, 0.3) is 5.91 Å². The molecular formula is C27H23N3OS2. The third-order valence-electron chi connectivity index (χ3n) is 5.85. The van der Waals surface area contributed by atoms with Gasteiger partial charge in [-0.15, -0.1) is 22.7 Å². The zero-order chi connectivity index (χ0) is 22.8. The quantitative estimate of drug-likeness (QED) is 0.275. The molecule has 6 heteroatoms. The van der Waals surface area contributed by atoms with Gasteiger partial charge in [0.2, 0.25) is 0 Å². The number of pyridine rings is 1. The van der Waals surface area contributed by atoms with Crippen molar-refractivity contribution in [2.45, 2.75) is 26.2 Å². The van der Waals surface area contributed by atoms with Gasteiger partial charge in [-0.2, -0.15) is 0 Å². The standard InChI is InChI=1S/C27H23N3OS2/c1-3-17(2)18-10-12-19(13-11-18)24-16-33-27(29-24)30-26(31)21-15-23(25-9-6-14-32-25)28-22-8-5-4-7-20(21)22/h4-17H,3H2,1-2H3,(H,29,30,31). The number of carbonyl (C=O) groups is 1. The highest BCUT2D eigenvalue weighted by molar-refractivity contribution is 7.14. The summed E-state index contributed by atoms with van der Waals surface area (Å²) in [4.78, 5) is 23.7. The highest BCUT2D eigenvalue weighted by Gasteiger charge is 2.16. The number of hydrogen-bond acceptors (Lipinski definition) is 5. The van der Waals surface area contributed by atoms with Crippen LogP contribution in [-0.2, 0) is 0 Å². The van der Waals surface area contributed by atoms with E-state index in [2.05, 4.69) is 48.4 Å². The average molecular weight is 470 g/mol. The summed E-state index contributed by atoms with van der Waals surface area (Å²) in [5.74, 6) is 0.359. The van der Waals surface area contributed by atoms with Crippen LogP contribution in [0.4, 0.5) is 5.13 Å². The Kier molecular flexibility index (Phi) is 6.03. The van der Waals surface area contributed by atoms with Crippen LogP contribution in [0.1, 0.15) is 42.1 Å². The summed E-state index contributed by atoms with van der Waals surface area (Å²) in [7, 11) is 0. The molecule has 2 aromatic carbocycles. The van der Waals surface area contributed by atoms with Gasteiger partial charge in [-0.1, -0.05) is 62.4 Å². The molecule has 3 heterocycles. The summed E-state index contributed by atoms with van der Waals surface area (Å²) in [6, 6.07) is 22.1. The molecule has 1 atom stereocenters. The Hall–Kier alpha value is -3.35. The number of nitrogens with one attached hydrogen (secondary N) is 1. The molecule has 0 bridgehead atoms. The van der Waals surface area contributed by atoms with Crippen LogP contribution in [-0.4, -0.2) is 15.9 Å². The van der Waals surface area contributed by atoms with Crippen LogP contribution in [0.5, 0.6) is 0 Å². The molecule has 33 heavy (non-hydrogen) atoms. The number of nitrogens with zero attached hydrogens (tertiary/aromatic N) is 2. The van der Waals surface area contributed by atoms with Gasteiger partial charge in [0, 0.05) is 16.3 Å². The first-order chi connectivity index (χ1) is 16.1. The van der Waals surface area contributed by atoms with Gasteiger partial charge in [-0.25, -0.2) is 9.97 Å². The topological polar surface area (TPSA) is 54.9 Å². The smallest absolute Gasteiger partial charge is 0.258 e. The predicted octanol–water partition coefficient (Wildman–Crippen LogP) is 7.85. The second kappa shape index (κ2) is 9.25. The SMILES string of the molecule is CCC(C)c1ccc(-c2csc(NC(=O)c3cc(-c4cccs4)nc4ccccc34)n2)cc1. The lowest BCUT2D eigenvalue weighted by molar-refractivity contribution is 0.102. The molecule has 0 aliphatic rings. The molecule has 0 aliphatic heterocycles. The molecule has 0 aliphatic carbocycles. The van der Waals surface area contributed by atoms with Crippen molar-refractivity contribution in [2.75, 3.05) is 5.32 Å². The van der Waals surface area contributed by atoms with Gasteiger partial charge < -0.3 is 0 Å². The third-order valence-corrected chi connectivity index (χ3v) is 7.50. The number of rotatable bonds is 6. The van der Waals surface area contributed by atoms with Crippen LogP contribution in [0, 0.1) is 0 Å². The van der Waals surface area contributed by atoms with Crippen molar-refractivity contribution in [3.8, 4) is 21.8 Å². The first kappa shape index (κ1) is 21.5. The van der Waals surface area contributed by atoms with Crippen LogP contribution >= 0.6 is 22.7 Å². The van der Waals surface area contributed by atoms with Crippen molar-refractivity contribution < 1.29 is 4.79 Å². The molecule has 1 unspecified atom stereocenters. The third kappa shape index (κ3) is 4.45. The van der Waals surface area contributed by atoms with E-state index in [0.717, 1.165) is 39.2 Å². The Bertz CT molecular complexity index is 1410. The van der Waals surface area contributed by atoms with Gasteiger partial charge in [0.15, 0.2) is 5.13 Å². The summed E-state index contributed by atoms with van der Waals surface area (Å²) < 4.78 is 0. The summed E-state index contributed by atoms with van der Waals surface area (Å²) >= 11 is 3.04. The largest absolute Gasteiger partial charge is 0.298 e. The molecular weight excluding hydrogens is 446 g/mol. The van der Waals surface area contributed by atoms with Crippen LogP contribution in [0.2, 0.25) is 0 Å². The van der Waals surface area contributed by atoms with Crippen molar-refractivity contribution in [1.29, 1.82) is 0 Å². The molecule has 5 aromatic rings. The van der Waals surface area contributed by atoms with Gasteiger partial charge in [0.05, 0.1) is 27.3 Å². The molecule has 1 N–H and O–H groups in total. The fourth-order valence-corrected chi connectivity index (χ4v) is 5.16. The lowest BCUT2D eigenvalue weighted by Crippen LogP contribution is -2.13. The fraction of sp³-hybridized carbons (Fsp3) is 0.148. The van der Waals surface area contributed by atoms with Crippen molar-refractivity contribution in [3.05, 3.63) is 88.6 Å². The first-order valence-electron chi connectivity index (χ1n) is 10.9. The van der Waals surface area contributed by atoms with Crippen LogP contribution in [0.3, 0.4) is 0 Å². The highest BCUT2D eigenvalue weighted by atomic mass is 32.1. The lowest BCUT2D eigenvalue weighted by atomic mass is 9.97. The minimum Gasteiger partial charge on any atom is -0.298 e. The Morgan fingerprint density at radius 1 is 0.970 bits per heavy atom. The molecule has 5 rings (SSSR count). The molecule has 0 radical (unpaired) electrons. The maximum absolute atomic E-state index is 13.3. The van der Waals surface area contributed by atoms with Gasteiger partial charge in [-0.05, 0) is 41.5 Å². The number of anilines is 1. The number of benzene rings is 2. The first-order valence-corrected chi connectivity index (χ1v) is 12.7. The number of amides is 1. The normalized spacial score (nSPS) is 12.1. The molecule has 164 valence electrons. The van der Waals surface area contributed by atoms with Crippen molar-refractivity contribution in [1.82, 2.24) is 9.97 Å². The second-order valence-electron chi connectivity index (χ2n) is 7.97. The second-order valence-corrected chi connectivity index (χ2v) is 9.78. The van der Waals surface area contributed by atoms with E-state index in [1.165, 1.54) is 16.9 Å². The zero-order valence-electron chi connectivity index (χ0n) is 18.4. The number of thiazole rings is 1. The van der Waals surface area contributed by atoms with E-state index in [0.29, 0.717) is 16.6 Å². The maximum Gasteiger partial charge on any atom is 0.258 e. The van der Waals surface area contributed by atoms with E-state index in [4.69, 9.17) is 4.98 Å². The number of hydrogen-bond donors (Lipinski definition) is 1. The van der Waals surface area contributed by atoms with Gasteiger partial charge in [0.1, 0.15) is 0 Å². The number of carbonyl (C=O) groups excluding carboxylic acids is 1. The Morgan fingerprint density at radius 2 is 1.79 bits per heavy atom. The minimum absolute atomic E-state index is 0.181. The van der Waals surface area contributed by atoms with E-state index in [1.807, 2.05) is 53.2 Å². The van der Waals surface area contributed by atoms with Crippen molar-refractivity contribution in [3.63, 3.8) is 0 Å². The number of aromatic nitrogens is 2. The maximum atomic E-state index is 13.3. The van der Waals surface area contributed by atoms with Crippen LogP contribution in [0.25, 0.3) is 32.7 Å². The number of fused-ring (bicyclic) bond motifs is 1.